The van der Waals surface area contributed by atoms with Crippen LogP contribution in [0.25, 0.3) is 0 Å². The van der Waals surface area contributed by atoms with Crippen LogP contribution in [0, 0.1) is 0 Å². The van der Waals surface area contributed by atoms with Crippen molar-refractivity contribution in [1.82, 2.24) is 5.32 Å². The number of quaternary nitrogens is 1. The van der Waals surface area contributed by atoms with E-state index in [0.717, 1.165) is 25.3 Å². The fraction of sp³-hybridized carbons (Fsp3) is 0.292. The fourth-order valence-corrected chi connectivity index (χ4v) is 4.18. The third kappa shape index (κ3) is 4.19. The molecule has 156 valence electrons. The molecule has 2 N–H and O–H groups in total. The number of methoxy groups -OCH3 is 2. The Kier molecular flexibility index (Phi) is 6.05. The first-order valence-electron chi connectivity index (χ1n) is 10.1. The maximum atomic E-state index is 12.5. The molecule has 0 saturated heterocycles. The Labute approximate surface area is 176 Å². The van der Waals surface area contributed by atoms with Crippen LogP contribution in [0.4, 0.5) is 0 Å². The topological polar surface area (TPSA) is 65.1 Å². The van der Waals surface area contributed by atoms with E-state index in [1.807, 2.05) is 6.07 Å². The van der Waals surface area contributed by atoms with Crippen molar-refractivity contribution in [2.45, 2.75) is 19.0 Å². The summed E-state index contributed by atoms with van der Waals surface area (Å²) in [5.74, 6) is 1.57. The lowest BCUT2D eigenvalue weighted by Gasteiger charge is -2.35. The Bertz CT molecular complexity index is 986. The number of fused-ring (bicyclic) bond motifs is 1. The van der Waals surface area contributed by atoms with E-state index in [4.69, 9.17) is 13.9 Å². The Morgan fingerprint density at radius 1 is 1.10 bits per heavy atom. The van der Waals surface area contributed by atoms with Gasteiger partial charge in [0.1, 0.15) is 12.6 Å². The highest BCUT2D eigenvalue weighted by Crippen LogP contribution is 2.34. The Morgan fingerprint density at radius 3 is 2.57 bits per heavy atom. The van der Waals surface area contributed by atoms with E-state index in [-0.39, 0.29) is 11.9 Å². The summed E-state index contributed by atoms with van der Waals surface area (Å²) in [5, 5.41) is 3.05. The summed E-state index contributed by atoms with van der Waals surface area (Å²) in [7, 11) is 3.30. The summed E-state index contributed by atoms with van der Waals surface area (Å²) in [6, 6.07) is 18.1. The first-order valence-corrected chi connectivity index (χ1v) is 10.1. The summed E-state index contributed by atoms with van der Waals surface area (Å²) in [5.41, 5.74) is 3.70. The van der Waals surface area contributed by atoms with Gasteiger partial charge in [-0.15, -0.1) is 0 Å². The molecular formula is C24H27N2O4+. The number of benzene rings is 2. The molecule has 1 aliphatic rings. The van der Waals surface area contributed by atoms with Gasteiger partial charge in [-0.05, 0) is 29.8 Å². The average molecular weight is 407 g/mol. The molecular weight excluding hydrogens is 380 g/mol. The van der Waals surface area contributed by atoms with Crippen molar-refractivity contribution in [3.05, 3.63) is 83.3 Å². The molecule has 0 radical (unpaired) electrons. The maximum absolute atomic E-state index is 12.5. The van der Waals surface area contributed by atoms with E-state index in [0.29, 0.717) is 18.1 Å². The second-order valence-electron chi connectivity index (χ2n) is 7.47. The molecule has 6 nitrogen and oxygen atoms in total. The van der Waals surface area contributed by atoms with E-state index in [1.165, 1.54) is 27.9 Å². The van der Waals surface area contributed by atoms with Crippen LogP contribution in [0.2, 0.25) is 0 Å². The summed E-state index contributed by atoms with van der Waals surface area (Å²) in [4.78, 5) is 13.9. The SMILES string of the molecule is COc1cc2c(cc1OC)[C@H](CNC(=O)c1ccco1)[NH+](Cc1ccccc1)CC2. The number of hydrogen-bond donors (Lipinski definition) is 2. The Balaban J connectivity index is 1.63. The number of hydrogen-bond acceptors (Lipinski definition) is 4. The minimum Gasteiger partial charge on any atom is -0.493 e. The predicted molar refractivity (Wildman–Crippen MR) is 113 cm³/mol. The van der Waals surface area contributed by atoms with Crippen LogP contribution in [-0.2, 0) is 13.0 Å². The van der Waals surface area contributed by atoms with Crippen LogP contribution in [0.1, 0.15) is 33.3 Å². The van der Waals surface area contributed by atoms with Gasteiger partial charge in [-0.25, -0.2) is 0 Å². The molecule has 3 aromatic rings. The van der Waals surface area contributed by atoms with Crippen LogP contribution < -0.4 is 19.7 Å². The molecule has 1 aromatic heterocycles. The third-order valence-electron chi connectivity index (χ3n) is 5.71. The summed E-state index contributed by atoms with van der Waals surface area (Å²) >= 11 is 0. The zero-order chi connectivity index (χ0) is 20.9. The van der Waals surface area contributed by atoms with Crippen molar-refractivity contribution >= 4 is 5.91 Å². The van der Waals surface area contributed by atoms with Gasteiger partial charge in [-0.1, -0.05) is 30.3 Å². The van der Waals surface area contributed by atoms with Crippen LogP contribution in [0.15, 0.2) is 65.3 Å². The standard InChI is InChI=1S/C24H26N2O4/c1-28-22-13-18-10-11-26(16-17-7-4-3-5-8-17)20(19(18)14-23(22)29-2)15-25-24(27)21-9-6-12-30-21/h3-9,12-14,20H,10-11,15-16H2,1-2H3,(H,25,27)/p+1/t20-/m0/s1. The molecule has 1 amide bonds. The molecule has 0 spiro atoms. The van der Waals surface area contributed by atoms with Gasteiger partial charge in [0.15, 0.2) is 17.3 Å². The van der Waals surface area contributed by atoms with Gasteiger partial charge < -0.3 is 24.1 Å². The number of nitrogens with one attached hydrogen (secondary N) is 2. The minimum absolute atomic E-state index is 0.0904. The number of rotatable bonds is 7. The molecule has 6 heteroatoms. The summed E-state index contributed by atoms with van der Waals surface area (Å²) in [6.07, 6.45) is 2.45. The van der Waals surface area contributed by atoms with Gasteiger partial charge >= 0.3 is 0 Å². The van der Waals surface area contributed by atoms with E-state index in [1.54, 1.807) is 26.4 Å². The highest BCUT2D eigenvalue weighted by Gasteiger charge is 2.33. The lowest BCUT2D eigenvalue weighted by atomic mass is 9.91. The van der Waals surface area contributed by atoms with Crippen molar-refractivity contribution in [3.63, 3.8) is 0 Å². The van der Waals surface area contributed by atoms with Gasteiger partial charge in [0.25, 0.3) is 5.91 Å². The van der Waals surface area contributed by atoms with Crippen molar-refractivity contribution in [3.8, 4) is 11.5 Å². The monoisotopic (exact) mass is 407 g/mol. The number of amides is 1. The van der Waals surface area contributed by atoms with Crippen LogP contribution >= 0.6 is 0 Å². The first-order chi connectivity index (χ1) is 14.7. The first kappa shape index (κ1) is 20.0. The Morgan fingerprint density at radius 2 is 1.87 bits per heavy atom. The molecule has 0 bridgehead atoms. The molecule has 0 saturated carbocycles. The van der Waals surface area contributed by atoms with Crippen molar-refractivity contribution in [2.75, 3.05) is 27.3 Å². The lowest BCUT2D eigenvalue weighted by molar-refractivity contribution is -0.945. The molecule has 2 atom stereocenters. The number of carbonyl (C=O) groups excluding carboxylic acids is 1. The number of furan rings is 1. The second-order valence-corrected chi connectivity index (χ2v) is 7.47. The largest absolute Gasteiger partial charge is 0.493 e. The Hall–Kier alpha value is -3.25. The molecule has 0 aliphatic carbocycles. The zero-order valence-electron chi connectivity index (χ0n) is 17.3. The number of carbonyl (C=O) groups is 1. The lowest BCUT2D eigenvalue weighted by Crippen LogP contribution is -3.12. The van der Waals surface area contributed by atoms with Crippen molar-refractivity contribution in [1.29, 1.82) is 0 Å². The summed E-state index contributed by atoms with van der Waals surface area (Å²) < 4.78 is 16.3. The van der Waals surface area contributed by atoms with Crippen molar-refractivity contribution in [2.24, 2.45) is 0 Å². The van der Waals surface area contributed by atoms with Gasteiger partial charge in [-0.2, -0.15) is 0 Å². The predicted octanol–water partition coefficient (Wildman–Crippen LogP) is 2.41. The van der Waals surface area contributed by atoms with E-state index in [9.17, 15) is 4.79 Å². The quantitative estimate of drug-likeness (QED) is 0.631. The molecule has 30 heavy (non-hydrogen) atoms. The zero-order valence-corrected chi connectivity index (χ0v) is 17.3. The minimum atomic E-state index is -0.202. The van der Waals surface area contributed by atoms with Crippen LogP contribution in [-0.4, -0.2) is 33.2 Å². The normalized spacial score (nSPS) is 17.8. The summed E-state index contributed by atoms with van der Waals surface area (Å²) in [6.45, 7) is 2.36. The van der Waals surface area contributed by atoms with E-state index in [2.05, 4.69) is 41.7 Å². The van der Waals surface area contributed by atoms with Gasteiger partial charge in [0, 0.05) is 17.5 Å². The van der Waals surface area contributed by atoms with Crippen molar-refractivity contribution < 1.29 is 23.6 Å². The van der Waals surface area contributed by atoms with Gasteiger partial charge in [0.2, 0.25) is 0 Å². The fourth-order valence-electron chi connectivity index (χ4n) is 4.18. The van der Waals surface area contributed by atoms with E-state index >= 15 is 0 Å². The molecule has 4 rings (SSSR count). The van der Waals surface area contributed by atoms with Gasteiger partial charge in [-0.3, -0.25) is 4.79 Å². The highest BCUT2D eigenvalue weighted by molar-refractivity contribution is 5.91. The van der Waals surface area contributed by atoms with Crippen LogP contribution in [0.5, 0.6) is 11.5 Å². The molecule has 0 fully saturated rings. The third-order valence-corrected chi connectivity index (χ3v) is 5.71. The average Bonchev–Trinajstić information content (AvgIpc) is 3.33. The van der Waals surface area contributed by atoms with E-state index < -0.39 is 0 Å². The molecule has 2 aromatic carbocycles. The second kappa shape index (κ2) is 9.05. The number of ether oxygens (including phenoxy) is 2. The maximum Gasteiger partial charge on any atom is 0.287 e. The molecule has 2 heterocycles. The smallest absolute Gasteiger partial charge is 0.287 e. The molecule has 1 unspecified atom stereocenters. The van der Waals surface area contributed by atoms with Gasteiger partial charge in [0.05, 0.1) is 33.6 Å². The highest BCUT2D eigenvalue weighted by atomic mass is 16.5. The molecule has 1 aliphatic heterocycles. The van der Waals surface area contributed by atoms with Crippen LogP contribution in [0.3, 0.4) is 0 Å².